The number of aromatic nitrogens is 2. The van der Waals surface area contributed by atoms with Crippen molar-refractivity contribution in [2.24, 2.45) is 10.2 Å². The first kappa shape index (κ1) is 19.4. The number of carbonyl (C=O) groups is 2. The molecule has 0 bridgehead atoms. The van der Waals surface area contributed by atoms with Gasteiger partial charge in [0, 0.05) is 6.07 Å². The molecule has 0 aliphatic carbocycles. The summed E-state index contributed by atoms with van der Waals surface area (Å²) in [6.45, 7) is 3.72. The second-order valence-electron chi connectivity index (χ2n) is 5.56. The van der Waals surface area contributed by atoms with Crippen molar-refractivity contribution >= 4 is 39.5 Å². The first-order valence-electron chi connectivity index (χ1n) is 8.25. The van der Waals surface area contributed by atoms with Crippen molar-refractivity contribution in [3.05, 3.63) is 56.8 Å². The first-order valence-corrected chi connectivity index (χ1v) is 9.07. The Morgan fingerprint density at radius 2 is 1.89 bits per heavy atom. The van der Waals surface area contributed by atoms with Gasteiger partial charge < -0.3 is 9.47 Å². The van der Waals surface area contributed by atoms with Gasteiger partial charge in [-0.1, -0.05) is 0 Å². The van der Waals surface area contributed by atoms with E-state index in [0.717, 1.165) is 11.3 Å². The van der Waals surface area contributed by atoms with Crippen molar-refractivity contribution < 1.29 is 19.1 Å². The fourth-order valence-corrected chi connectivity index (χ4v) is 3.39. The zero-order valence-corrected chi connectivity index (χ0v) is 16.1. The third-order valence-electron chi connectivity index (χ3n) is 3.69. The summed E-state index contributed by atoms with van der Waals surface area (Å²) >= 11 is 1.04. The highest BCUT2D eigenvalue weighted by Gasteiger charge is 2.17. The summed E-state index contributed by atoms with van der Waals surface area (Å²) in [6, 6.07) is 7.59. The number of methoxy groups -OCH3 is 1. The van der Waals surface area contributed by atoms with Crippen molar-refractivity contribution in [2.45, 2.75) is 13.8 Å². The summed E-state index contributed by atoms with van der Waals surface area (Å²) in [5.41, 5.74) is 1.32. The van der Waals surface area contributed by atoms with Crippen LogP contribution in [0.3, 0.4) is 0 Å². The second kappa shape index (κ2) is 8.09. The summed E-state index contributed by atoms with van der Waals surface area (Å²) in [7, 11) is 1.24. The minimum absolute atomic E-state index is 0.148. The Labute approximate surface area is 163 Å². The SMILES string of the molecule is CCOC(=O)c1ccc(N=Nc2c(C)nn3c(=O)cc(C(=O)OC)sc23)cc1. The zero-order valence-electron chi connectivity index (χ0n) is 15.3. The molecule has 3 rings (SSSR count). The van der Waals surface area contributed by atoms with Crippen molar-refractivity contribution in [2.75, 3.05) is 13.7 Å². The third-order valence-corrected chi connectivity index (χ3v) is 4.75. The normalized spacial score (nSPS) is 11.1. The molecule has 0 N–H and O–H groups in total. The van der Waals surface area contributed by atoms with Crippen LogP contribution in [0.2, 0.25) is 0 Å². The monoisotopic (exact) mass is 400 g/mol. The lowest BCUT2D eigenvalue weighted by atomic mass is 10.2. The topological polar surface area (TPSA) is 112 Å². The Balaban J connectivity index is 1.96. The fraction of sp³-hybridized carbons (Fsp3) is 0.222. The van der Waals surface area contributed by atoms with E-state index in [0.29, 0.717) is 34.1 Å². The standard InChI is InChI=1S/C18H16N4O5S/c1-4-27-17(24)11-5-7-12(8-6-11)19-20-15-10(2)21-22-14(23)9-13(18(25)26-3)28-16(15)22/h5-9H,4H2,1-3H3. The predicted octanol–water partition coefficient (Wildman–Crippen LogP) is 3.44. The molecule has 0 aliphatic heterocycles. The predicted molar refractivity (Wildman–Crippen MR) is 102 cm³/mol. The molecule has 0 fully saturated rings. The Morgan fingerprint density at radius 3 is 2.54 bits per heavy atom. The van der Waals surface area contributed by atoms with E-state index in [1.54, 1.807) is 38.1 Å². The average molecular weight is 400 g/mol. The number of aryl methyl sites for hydroxylation is 1. The Morgan fingerprint density at radius 1 is 1.18 bits per heavy atom. The minimum Gasteiger partial charge on any atom is -0.465 e. The lowest BCUT2D eigenvalue weighted by Gasteiger charge is -2.01. The van der Waals surface area contributed by atoms with E-state index in [4.69, 9.17) is 4.74 Å². The van der Waals surface area contributed by atoms with E-state index in [-0.39, 0.29) is 4.88 Å². The zero-order chi connectivity index (χ0) is 20.3. The quantitative estimate of drug-likeness (QED) is 0.479. The molecule has 0 aliphatic rings. The van der Waals surface area contributed by atoms with Crippen molar-refractivity contribution in [3.8, 4) is 0 Å². The first-order chi connectivity index (χ1) is 13.4. The van der Waals surface area contributed by atoms with Crippen molar-refractivity contribution in [3.63, 3.8) is 0 Å². The highest BCUT2D eigenvalue weighted by Crippen LogP contribution is 2.30. The van der Waals surface area contributed by atoms with Gasteiger partial charge in [-0.15, -0.1) is 16.5 Å². The number of fused-ring (bicyclic) bond motifs is 1. The largest absolute Gasteiger partial charge is 0.465 e. The average Bonchev–Trinajstić information content (AvgIpc) is 3.02. The number of benzene rings is 1. The molecule has 28 heavy (non-hydrogen) atoms. The highest BCUT2D eigenvalue weighted by molar-refractivity contribution is 7.19. The van der Waals surface area contributed by atoms with Gasteiger partial charge in [0.05, 0.1) is 30.7 Å². The summed E-state index contributed by atoms with van der Waals surface area (Å²) in [5, 5.41) is 12.5. The number of rotatable bonds is 5. The van der Waals surface area contributed by atoms with Gasteiger partial charge in [0.15, 0.2) is 4.83 Å². The summed E-state index contributed by atoms with van der Waals surface area (Å²) < 4.78 is 10.8. The molecule has 10 heteroatoms. The van der Waals surface area contributed by atoms with Gasteiger partial charge in [0.1, 0.15) is 10.6 Å². The van der Waals surface area contributed by atoms with Crippen molar-refractivity contribution in [1.82, 2.24) is 9.61 Å². The molecule has 144 valence electrons. The molecule has 0 saturated heterocycles. The number of ether oxygens (including phenoxy) is 2. The molecular formula is C18H16N4O5S. The van der Waals surface area contributed by atoms with E-state index in [2.05, 4.69) is 20.1 Å². The van der Waals surface area contributed by atoms with Crippen LogP contribution in [0.1, 0.15) is 32.6 Å². The molecule has 0 amide bonds. The number of esters is 2. The van der Waals surface area contributed by atoms with Crippen LogP contribution < -0.4 is 5.56 Å². The minimum atomic E-state index is -0.610. The summed E-state index contributed by atoms with van der Waals surface area (Å²) in [6.07, 6.45) is 0. The van der Waals surface area contributed by atoms with Crippen LogP contribution in [0.25, 0.3) is 4.83 Å². The molecule has 2 aromatic heterocycles. The van der Waals surface area contributed by atoms with Crippen LogP contribution in [0.15, 0.2) is 45.4 Å². The third kappa shape index (κ3) is 3.81. The number of carbonyl (C=O) groups excluding carboxylic acids is 2. The highest BCUT2D eigenvalue weighted by atomic mass is 32.1. The summed E-state index contributed by atoms with van der Waals surface area (Å²) in [5.74, 6) is -1.02. The number of hydrogen-bond donors (Lipinski definition) is 0. The van der Waals surface area contributed by atoms with E-state index < -0.39 is 17.5 Å². The van der Waals surface area contributed by atoms with Gasteiger partial charge in [0.25, 0.3) is 5.56 Å². The number of hydrogen-bond acceptors (Lipinski definition) is 9. The number of azo groups is 1. The maximum absolute atomic E-state index is 12.2. The van der Waals surface area contributed by atoms with Gasteiger partial charge in [0.2, 0.25) is 0 Å². The van der Waals surface area contributed by atoms with E-state index >= 15 is 0 Å². The molecule has 0 atom stereocenters. The van der Waals surface area contributed by atoms with Gasteiger partial charge in [-0.05, 0) is 38.1 Å². The summed E-state index contributed by atoms with van der Waals surface area (Å²) in [4.78, 5) is 36.2. The van der Waals surface area contributed by atoms with Crippen LogP contribution in [-0.4, -0.2) is 35.3 Å². The van der Waals surface area contributed by atoms with Gasteiger partial charge in [-0.25, -0.2) is 9.59 Å². The Kier molecular flexibility index (Phi) is 5.59. The molecule has 3 aromatic rings. The van der Waals surface area contributed by atoms with Crippen LogP contribution >= 0.6 is 11.3 Å². The fourth-order valence-electron chi connectivity index (χ4n) is 2.35. The molecule has 0 radical (unpaired) electrons. The van der Waals surface area contributed by atoms with E-state index in [9.17, 15) is 14.4 Å². The molecular weight excluding hydrogens is 384 g/mol. The molecule has 0 unspecified atom stereocenters. The molecule has 2 heterocycles. The van der Waals surface area contributed by atoms with Crippen molar-refractivity contribution in [1.29, 1.82) is 0 Å². The van der Waals surface area contributed by atoms with Gasteiger partial charge in [-0.3, -0.25) is 4.79 Å². The van der Waals surface area contributed by atoms with Gasteiger partial charge in [-0.2, -0.15) is 14.7 Å². The maximum atomic E-state index is 12.2. The molecule has 1 aromatic carbocycles. The number of nitrogens with zero attached hydrogens (tertiary/aromatic N) is 4. The van der Waals surface area contributed by atoms with Crippen LogP contribution in [-0.2, 0) is 9.47 Å². The lowest BCUT2D eigenvalue weighted by Crippen LogP contribution is -2.14. The van der Waals surface area contributed by atoms with E-state index in [1.165, 1.54) is 17.7 Å². The molecule has 0 saturated carbocycles. The van der Waals surface area contributed by atoms with Crippen LogP contribution in [0.5, 0.6) is 0 Å². The second-order valence-corrected chi connectivity index (χ2v) is 6.59. The molecule has 9 nitrogen and oxygen atoms in total. The molecule has 0 spiro atoms. The lowest BCUT2D eigenvalue weighted by molar-refractivity contribution is 0.0525. The van der Waals surface area contributed by atoms with Crippen LogP contribution in [0.4, 0.5) is 11.4 Å². The van der Waals surface area contributed by atoms with E-state index in [1.807, 2.05) is 0 Å². The van der Waals surface area contributed by atoms with Crippen LogP contribution in [0, 0.1) is 6.92 Å². The maximum Gasteiger partial charge on any atom is 0.348 e. The Bertz CT molecular complexity index is 1130. The Hall–Kier alpha value is -3.40. The van der Waals surface area contributed by atoms with Gasteiger partial charge >= 0.3 is 11.9 Å². The smallest absolute Gasteiger partial charge is 0.348 e.